The van der Waals surface area contributed by atoms with Crippen molar-refractivity contribution in [3.8, 4) is 12.3 Å². The third-order valence-corrected chi connectivity index (χ3v) is 10.6. The topological polar surface area (TPSA) is 9.23 Å². The first kappa shape index (κ1) is 23.4. The van der Waals surface area contributed by atoms with Gasteiger partial charge in [-0.25, -0.2) is 0 Å². The van der Waals surface area contributed by atoms with Gasteiger partial charge in [-0.1, -0.05) is 102 Å². The molecule has 0 saturated carbocycles. The molecule has 0 heterocycles. The van der Waals surface area contributed by atoms with E-state index in [1.807, 2.05) is 42.5 Å². The molecule has 2 heteroatoms. The van der Waals surface area contributed by atoms with E-state index >= 15 is 0 Å². The van der Waals surface area contributed by atoms with Gasteiger partial charge in [0, 0.05) is 6.61 Å². The summed E-state index contributed by atoms with van der Waals surface area (Å²) < 4.78 is 6.53. The highest BCUT2D eigenvalue weighted by atomic mass is 28.4. The van der Waals surface area contributed by atoms with Crippen molar-refractivity contribution in [3.05, 3.63) is 60.8 Å². The lowest BCUT2D eigenvalue weighted by Crippen LogP contribution is -2.47. The van der Waals surface area contributed by atoms with Gasteiger partial charge < -0.3 is 4.43 Å². The van der Waals surface area contributed by atoms with E-state index in [4.69, 9.17) is 10.8 Å². The second-order valence-corrected chi connectivity index (χ2v) is 12.5. The van der Waals surface area contributed by atoms with Crippen LogP contribution in [0.2, 0.25) is 16.6 Å². The lowest BCUT2D eigenvalue weighted by atomic mass is 10.3. The fourth-order valence-electron chi connectivity index (χ4n) is 3.47. The number of rotatable bonds is 11. The third-order valence-electron chi connectivity index (χ3n) is 4.45. The molecule has 138 valence electrons. The van der Waals surface area contributed by atoms with Crippen LogP contribution in [0.1, 0.15) is 48.0 Å². The van der Waals surface area contributed by atoms with E-state index in [0.29, 0.717) is 16.6 Å². The van der Waals surface area contributed by atoms with Crippen LogP contribution < -0.4 is 0 Å². The summed E-state index contributed by atoms with van der Waals surface area (Å²) in [5.74, 6) is 2.44. The molecule has 0 aliphatic heterocycles. The second-order valence-electron chi connectivity index (χ2n) is 7.06. The van der Waals surface area contributed by atoms with Gasteiger partial charge in [0.2, 0.25) is 0 Å². The smallest absolute Gasteiger partial charge is 0.200 e. The van der Waals surface area contributed by atoms with Crippen molar-refractivity contribution in [3.63, 3.8) is 0 Å². The lowest BCUT2D eigenvalue weighted by Gasteiger charge is -2.42. The molecule has 0 unspecified atom stereocenters. The van der Waals surface area contributed by atoms with Crippen LogP contribution in [0.3, 0.4) is 0 Å². The van der Waals surface area contributed by atoms with Crippen LogP contribution in [0, 0.1) is 12.3 Å². The van der Waals surface area contributed by atoms with E-state index < -0.39 is 8.32 Å². The van der Waals surface area contributed by atoms with Gasteiger partial charge in [-0.3, -0.25) is 0 Å². The highest BCUT2D eigenvalue weighted by Gasteiger charge is 2.44. The number of terminal acetylenes is 1. The maximum absolute atomic E-state index is 6.53. The summed E-state index contributed by atoms with van der Waals surface area (Å²) in [6.45, 7) is 14.8. The molecule has 0 bridgehead atoms. The molecule has 0 spiro atoms. The van der Waals surface area contributed by atoms with E-state index in [0.717, 1.165) is 13.0 Å². The molecule has 0 fully saturated rings. The van der Waals surface area contributed by atoms with Crippen LogP contribution in [0.15, 0.2) is 60.8 Å². The Morgan fingerprint density at radius 1 is 0.760 bits per heavy atom. The molecule has 0 aromatic rings. The SMILES string of the molecule is C#C/C=C/C=C/C=C/C=C/C=C/CCO[Si](C(C)C)(C(C)C)C(C)C. The van der Waals surface area contributed by atoms with Crippen molar-refractivity contribution in [2.24, 2.45) is 0 Å². The molecule has 0 atom stereocenters. The standard InChI is InChI=1S/C23H36OSi/c1-8-9-10-11-12-13-14-15-16-17-18-19-20-24-25(21(2)3,22(4)5)23(6)7/h1,9-18,21-23H,19-20H2,2-7H3/b10-9+,12-11+,14-13+,16-15+,18-17+. The van der Waals surface area contributed by atoms with Gasteiger partial charge in [0.05, 0.1) is 0 Å². The maximum atomic E-state index is 6.53. The fourth-order valence-corrected chi connectivity index (χ4v) is 8.95. The molecule has 25 heavy (non-hydrogen) atoms. The maximum Gasteiger partial charge on any atom is 0.200 e. The van der Waals surface area contributed by atoms with Gasteiger partial charge in [0.15, 0.2) is 8.32 Å². The van der Waals surface area contributed by atoms with Crippen molar-refractivity contribution in [2.75, 3.05) is 6.61 Å². The zero-order valence-corrected chi connectivity index (χ0v) is 17.9. The largest absolute Gasteiger partial charge is 0.416 e. The first-order valence-corrected chi connectivity index (χ1v) is 11.4. The Kier molecular flexibility index (Phi) is 12.8. The first-order chi connectivity index (χ1) is 11.9. The van der Waals surface area contributed by atoms with Crippen LogP contribution in [0.25, 0.3) is 0 Å². The fraction of sp³-hybridized carbons (Fsp3) is 0.478. The Bertz CT molecular complexity index is 503. The predicted octanol–water partition coefficient (Wildman–Crippen LogP) is 6.98. The lowest BCUT2D eigenvalue weighted by molar-refractivity contribution is 0.284. The van der Waals surface area contributed by atoms with Gasteiger partial charge in [-0.05, 0) is 29.1 Å². The normalized spacial score (nSPS) is 13.9. The third kappa shape index (κ3) is 8.91. The Hall–Kier alpha value is -1.56. The molecular weight excluding hydrogens is 320 g/mol. The molecule has 0 aliphatic carbocycles. The van der Waals surface area contributed by atoms with Crippen LogP contribution >= 0.6 is 0 Å². The van der Waals surface area contributed by atoms with Crippen LogP contribution in [0.4, 0.5) is 0 Å². The zero-order chi connectivity index (χ0) is 19.1. The van der Waals surface area contributed by atoms with Gasteiger partial charge in [-0.15, -0.1) is 6.42 Å². The molecule has 0 saturated heterocycles. The summed E-state index contributed by atoms with van der Waals surface area (Å²) in [5, 5.41) is 0. The van der Waals surface area contributed by atoms with E-state index in [1.54, 1.807) is 6.08 Å². The Morgan fingerprint density at radius 3 is 1.64 bits per heavy atom. The van der Waals surface area contributed by atoms with Gasteiger partial charge in [-0.2, -0.15) is 0 Å². The van der Waals surface area contributed by atoms with Crippen molar-refractivity contribution in [1.82, 2.24) is 0 Å². The summed E-state index contributed by atoms with van der Waals surface area (Å²) >= 11 is 0. The summed E-state index contributed by atoms with van der Waals surface area (Å²) in [6, 6.07) is 0. The van der Waals surface area contributed by atoms with Crippen molar-refractivity contribution < 1.29 is 4.43 Å². The van der Waals surface area contributed by atoms with E-state index in [9.17, 15) is 0 Å². The first-order valence-electron chi connectivity index (χ1n) is 9.31. The summed E-state index contributed by atoms with van der Waals surface area (Å²) in [4.78, 5) is 0. The predicted molar refractivity (Wildman–Crippen MR) is 116 cm³/mol. The molecule has 0 amide bonds. The molecule has 0 N–H and O–H groups in total. The van der Waals surface area contributed by atoms with Crippen LogP contribution in [0.5, 0.6) is 0 Å². The zero-order valence-electron chi connectivity index (χ0n) is 16.9. The summed E-state index contributed by atoms with van der Waals surface area (Å²) in [5.41, 5.74) is 1.93. The van der Waals surface area contributed by atoms with Gasteiger partial charge in [0.25, 0.3) is 0 Å². The molecule has 0 aromatic carbocycles. The Morgan fingerprint density at radius 2 is 1.20 bits per heavy atom. The van der Waals surface area contributed by atoms with Crippen molar-refractivity contribution >= 4 is 8.32 Å². The Balaban J connectivity index is 4.30. The molecular formula is C23H36OSi. The van der Waals surface area contributed by atoms with Crippen LogP contribution in [-0.2, 0) is 4.43 Å². The molecule has 0 radical (unpaired) electrons. The highest BCUT2D eigenvalue weighted by molar-refractivity contribution is 6.77. The molecule has 0 rings (SSSR count). The van der Waals surface area contributed by atoms with Gasteiger partial charge >= 0.3 is 0 Å². The number of hydrogen-bond acceptors (Lipinski definition) is 1. The van der Waals surface area contributed by atoms with Crippen LogP contribution in [-0.4, -0.2) is 14.9 Å². The minimum absolute atomic E-state index is 0.644. The number of allylic oxidation sites excluding steroid dienone is 9. The Labute approximate surface area is 157 Å². The van der Waals surface area contributed by atoms with E-state index in [2.05, 4.69) is 59.6 Å². The summed E-state index contributed by atoms with van der Waals surface area (Å²) in [7, 11) is -1.72. The van der Waals surface area contributed by atoms with Crippen molar-refractivity contribution in [2.45, 2.75) is 64.6 Å². The van der Waals surface area contributed by atoms with E-state index in [1.165, 1.54) is 0 Å². The van der Waals surface area contributed by atoms with E-state index in [-0.39, 0.29) is 0 Å². The second kappa shape index (κ2) is 13.7. The average Bonchev–Trinajstić information content (AvgIpc) is 2.54. The minimum Gasteiger partial charge on any atom is -0.416 e. The number of hydrogen-bond donors (Lipinski definition) is 0. The molecule has 0 aliphatic rings. The molecule has 1 nitrogen and oxygen atoms in total. The quantitative estimate of drug-likeness (QED) is 0.168. The summed E-state index contributed by atoms with van der Waals surface area (Å²) in [6.07, 6.45) is 25.7. The highest BCUT2D eigenvalue weighted by Crippen LogP contribution is 2.42. The van der Waals surface area contributed by atoms with Crippen molar-refractivity contribution in [1.29, 1.82) is 0 Å². The minimum atomic E-state index is -1.72. The monoisotopic (exact) mass is 356 g/mol. The average molecular weight is 357 g/mol. The molecule has 0 aromatic heterocycles. The van der Waals surface area contributed by atoms with Gasteiger partial charge in [0.1, 0.15) is 0 Å².